The molecule has 3 amide bonds. The maximum Gasteiger partial charge on any atom is 0.250 e. The summed E-state index contributed by atoms with van der Waals surface area (Å²) in [5.41, 5.74) is -0.114. The van der Waals surface area contributed by atoms with Gasteiger partial charge in [-0.1, -0.05) is 24.3 Å². The molecule has 0 bridgehead atoms. The number of nitrogens with zero attached hydrogens (tertiary/aromatic N) is 1. The van der Waals surface area contributed by atoms with Gasteiger partial charge in [-0.3, -0.25) is 24.6 Å². The number of imide groups is 1. The number of benzene rings is 2. The molecule has 0 aliphatic carbocycles. The van der Waals surface area contributed by atoms with Gasteiger partial charge in [-0.2, -0.15) is 0 Å². The quantitative estimate of drug-likeness (QED) is 0.422. The third-order valence-corrected chi connectivity index (χ3v) is 6.79. The molecule has 0 saturated carbocycles. The fraction of sp³-hybridized carbons (Fsp3) is 0.375. The lowest BCUT2D eigenvalue weighted by molar-refractivity contribution is -0.147. The number of carbonyl (C=O) groups excluding carboxylic acids is 3. The fourth-order valence-electron chi connectivity index (χ4n) is 5.54. The van der Waals surface area contributed by atoms with E-state index in [0.717, 1.165) is 0 Å². The molecule has 166 valence electrons. The Bertz CT molecular complexity index is 1170. The van der Waals surface area contributed by atoms with Gasteiger partial charge in [0.25, 0.3) is 0 Å². The highest BCUT2D eigenvalue weighted by Crippen LogP contribution is 2.54. The summed E-state index contributed by atoms with van der Waals surface area (Å²) >= 11 is 0. The Kier molecular flexibility index (Phi) is 4.20. The molecule has 0 unspecified atom stereocenters. The number of anilines is 1. The number of hydrogen-bond acceptors (Lipinski definition) is 6. The van der Waals surface area contributed by atoms with E-state index in [4.69, 9.17) is 0 Å². The number of amides is 3. The zero-order valence-corrected chi connectivity index (χ0v) is 18.0. The number of fused-ring (bicyclic) bond motifs is 4. The van der Waals surface area contributed by atoms with Gasteiger partial charge < -0.3 is 15.5 Å². The summed E-state index contributed by atoms with van der Waals surface area (Å²) in [6.07, 6.45) is 0.295. The van der Waals surface area contributed by atoms with Crippen molar-refractivity contribution in [3.05, 3.63) is 53.6 Å². The van der Waals surface area contributed by atoms with E-state index >= 15 is 0 Å². The third-order valence-electron chi connectivity index (χ3n) is 6.79. The first-order valence-corrected chi connectivity index (χ1v) is 10.6. The van der Waals surface area contributed by atoms with Crippen molar-refractivity contribution in [2.75, 3.05) is 5.32 Å². The highest BCUT2D eigenvalue weighted by atomic mass is 16.3. The summed E-state index contributed by atoms with van der Waals surface area (Å²) in [6, 6.07) is 11.2. The van der Waals surface area contributed by atoms with Crippen molar-refractivity contribution in [2.45, 2.75) is 44.3 Å². The highest BCUT2D eigenvalue weighted by Gasteiger charge is 2.71. The first-order chi connectivity index (χ1) is 15.1. The third kappa shape index (κ3) is 2.62. The molecule has 3 aliphatic heterocycles. The standard InChI is InChI=1S/C24H25N3O5/c1-23(2,3)27-20(30)18-15(10-12-8-9-16(28)17(29)11-12)26-24(19(18)21(27)31)13-6-4-5-7-14(13)25-22(24)32/h4-9,11,15,18-19,26,28-29H,10H2,1-3H3,(H,25,32)/t15-,18+,19-,24-/m0/s1. The first kappa shape index (κ1) is 20.5. The van der Waals surface area contributed by atoms with Gasteiger partial charge >= 0.3 is 0 Å². The number of rotatable bonds is 2. The van der Waals surface area contributed by atoms with E-state index < -0.39 is 29.0 Å². The minimum atomic E-state index is -1.35. The molecule has 8 heteroatoms. The molecule has 8 nitrogen and oxygen atoms in total. The van der Waals surface area contributed by atoms with Crippen LogP contribution in [0.25, 0.3) is 0 Å². The lowest BCUT2D eigenvalue weighted by atomic mass is 9.76. The summed E-state index contributed by atoms with van der Waals surface area (Å²) in [5, 5.41) is 25.8. The maximum absolute atomic E-state index is 13.7. The van der Waals surface area contributed by atoms with Crippen LogP contribution in [0.4, 0.5) is 5.69 Å². The van der Waals surface area contributed by atoms with Gasteiger partial charge in [0.1, 0.15) is 5.54 Å². The zero-order valence-electron chi connectivity index (χ0n) is 18.0. The lowest BCUT2D eigenvalue weighted by Crippen LogP contribution is -2.56. The average molecular weight is 435 g/mol. The second kappa shape index (κ2) is 6.56. The Hall–Kier alpha value is -3.39. The van der Waals surface area contributed by atoms with Gasteiger partial charge in [0, 0.05) is 22.8 Å². The van der Waals surface area contributed by atoms with E-state index in [2.05, 4.69) is 10.6 Å². The van der Waals surface area contributed by atoms with Gasteiger partial charge in [0.2, 0.25) is 17.7 Å². The van der Waals surface area contributed by atoms with Crippen molar-refractivity contribution >= 4 is 23.4 Å². The fourth-order valence-corrected chi connectivity index (χ4v) is 5.54. The number of phenolic OH excluding ortho intramolecular Hbond substituents is 2. The molecule has 3 heterocycles. The predicted octanol–water partition coefficient (Wildman–Crippen LogP) is 1.86. The topological polar surface area (TPSA) is 119 Å². The van der Waals surface area contributed by atoms with Gasteiger partial charge in [0.15, 0.2) is 11.5 Å². The van der Waals surface area contributed by atoms with Crippen LogP contribution in [0.3, 0.4) is 0 Å². The monoisotopic (exact) mass is 435 g/mol. The van der Waals surface area contributed by atoms with Gasteiger partial charge in [0.05, 0.1) is 11.8 Å². The van der Waals surface area contributed by atoms with Gasteiger partial charge in [-0.05, 0) is 51.0 Å². The van der Waals surface area contributed by atoms with Crippen molar-refractivity contribution in [3.63, 3.8) is 0 Å². The number of hydrogen-bond donors (Lipinski definition) is 4. The number of para-hydroxylation sites is 1. The Labute approximate surface area is 185 Å². The van der Waals surface area contributed by atoms with E-state index in [-0.39, 0.29) is 29.2 Å². The van der Waals surface area contributed by atoms with Crippen molar-refractivity contribution in [3.8, 4) is 11.5 Å². The van der Waals surface area contributed by atoms with Crippen LogP contribution in [0, 0.1) is 11.8 Å². The molecule has 3 aliphatic rings. The molecule has 0 aromatic heterocycles. The summed E-state index contributed by atoms with van der Waals surface area (Å²) in [7, 11) is 0. The van der Waals surface area contributed by atoms with E-state index in [9.17, 15) is 24.6 Å². The van der Waals surface area contributed by atoms with Crippen molar-refractivity contribution in [2.24, 2.45) is 11.8 Å². The Morgan fingerprint density at radius 3 is 2.41 bits per heavy atom. The van der Waals surface area contributed by atoms with Gasteiger partial charge in [-0.25, -0.2) is 0 Å². The Morgan fingerprint density at radius 2 is 1.72 bits per heavy atom. The largest absolute Gasteiger partial charge is 0.504 e. The molecule has 4 atom stereocenters. The average Bonchev–Trinajstić information content (AvgIpc) is 3.29. The minimum Gasteiger partial charge on any atom is -0.504 e. The first-order valence-electron chi connectivity index (χ1n) is 10.6. The molecular weight excluding hydrogens is 410 g/mol. The van der Waals surface area contributed by atoms with Crippen LogP contribution in [-0.4, -0.2) is 44.4 Å². The molecule has 1 spiro atoms. The SMILES string of the molecule is CC(C)(C)N1C(=O)[C@@H]2[C@H](Cc3ccc(O)c(O)c3)N[C@]3(C(=O)Nc4ccccc43)[C@@H]2C1=O. The summed E-state index contributed by atoms with van der Waals surface area (Å²) in [5.74, 6) is -3.13. The highest BCUT2D eigenvalue weighted by molar-refractivity contribution is 6.15. The number of likely N-dealkylation sites (tertiary alicyclic amines) is 1. The maximum atomic E-state index is 13.7. The molecule has 0 radical (unpaired) electrons. The van der Waals surface area contributed by atoms with Crippen molar-refractivity contribution < 1.29 is 24.6 Å². The Balaban J connectivity index is 1.64. The van der Waals surface area contributed by atoms with Crippen LogP contribution in [0.2, 0.25) is 0 Å². The predicted molar refractivity (Wildman–Crippen MR) is 116 cm³/mol. The van der Waals surface area contributed by atoms with Crippen LogP contribution < -0.4 is 10.6 Å². The number of carbonyl (C=O) groups is 3. The molecule has 2 aromatic rings. The normalized spacial score (nSPS) is 28.9. The van der Waals surface area contributed by atoms with Crippen molar-refractivity contribution in [1.29, 1.82) is 0 Å². The smallest absolute Gasteiger partial charge is 0.250 e. The molecule has 2 fully saturated rings. The number of nitrogens with one attached hydrogen (secondary N) is 2. The minimum absolute atomic E-state index is 0.238. The molecule has 32 heavy (non-hydrogen) atoms. The second-order valence-corrected chi connectivity index (χ2v) is 9.77. The van der Waals surface area contributed by atoms with Crippen LogP contribution in [0.5, 0.6) is 11.5 Å². The molecular formula is C24H25N3O5. The molecule has 2 aromatic carbocycles. The van der Waals surface area contributed by atoms with Crippen LogP contribution >= 0.6 is 0 Å². The molecule has 5 rings (SSSR count). The van der Waals surface area contributed by atoms with Crippen LogP contribution in [-0.2, 0) is 26.3 Å². The van der Waals surface area contributed by atoms with E-state index in [0.29, 0.717) is 23.2 Å². The lowest BCUT2D eigenvalue weighted by Gasteiger charge is -2.34. The molecule has 2 saturated heterocycles. The van der Waals surface area contributed by atoms with Crippen LogP contribution in [0.1, 0.15) is 31.9 Å². The summed E-state index contributed by atoms with van der Waals surface area (Å²) in [6.45, 7) is 5.42. The van der Waals surface area contributed by atoms with E-state index in [1.807, 2.05) is 18.2 Å². The summed E-state index contributed by atoms with van der Waals surface area (Å²) in [4.78, 5) is 41.9. The van der Waals surface area contributed by atoms with Crippen LogP contribution in [0.15, 0.2) is 42.5 Å². The van der Waals surface area contributed by atoms with Crippen molar-refractivity contribution in [1.82, 2.24) is 10.2 Å². The second-order valence-electron chi connectivity index (χ2n) is 9.77. The number of phenols is 2. The summed E-state index contributed by atoms with van der Waals surface area (Å²) < 4.78 is 0. The Morgan fingerprint density at radius 1 is 1.00 bits per heavy atom. The zero-order chi connectivity index (χ0) is 23.0. The van der Waals surface area contributed by atoms with Gasteiger partial charge in [-0.15, -0.1) is 0 Å². The molecule has 4 N–H and O–H groups in total. The number of aromatic hydroxyl groups is 2. The van der Waals surface area contributed by atoms with E-state index in [1.54, 1.807) is 32.9 Å². The van der Waals surface area contributed by atoms with E-state index in [1.165, 1.54) is 17.0 Å².